The summed E-state index contributed by atoms with van der Waals surface area (Å²) in [7, 11) is 0. The molecular formula is C20H26N4OS2. The Hall–Kier alpha value is -1.54. The minimum absolute atomic E-state index is 0.0124. The zero-order valence-electron chi connectivity index (χ0n) is 15.9. The maximum atomic E-state index is 12.3. The highest BCUT2D eigenvalue weighted by Crippen LogP contribution is 2.25. The van der Waals surface area contributed by atoms with E-state index in [1.54, 1.807) is 11.3 Å². The van der Waals surface area contributed by atoms with Crippen molar-refractivity contribution < 1.29 is 0 Å². The quantitative estimate of drug-likeness (QED) is 0.593. The Bertz CT molecular complexity index is 982. The molecule has 3 aromatic heterocycles. The van der Waals surface area contributed by atoms with E-state index in [-0.39, 0.29) is 5.56 Å². The van der Waals surface area contributed by atoms with Crippen LogP contribution in [0, 0.1) is 13.8 Å². The Kier molecular flexibility index (Phi) is 5.73. The van der Waals surface area contributed by atoms with Crippen LogP contribution in [0.3, 0.4) is 0 Å². The van der Waals surface area contributed by atoms with E-state index in [0.717, 1.165) is 47.7 Å². The van der Waals surface area contributed by atoms with E-state index in [0.29, 0.717) is 0 Å². The summed E-state index contributed by atoms with van der Waals surface area (Å²) in [5, 5.41) is 6.51. The first-order valence-electron chi connectivity index (χ1n) is 9.58. The van der Waals surface area contributed by atoms with Crippen molar-refractivity contribution in [1.82, 2.24) is 20.2 Å². The highest BCUT2D eigenvalue weighted by Gasteiger charge is 2.13. The van der Waals surface area contributed by atoms with Gasteiger partial charge in [0.1, 0.15) is 10.7 Å². The molecule has 0 atom stereocenters. The molecule has 0 aromatic carbocycles. The SMILES string of the molecule is Cc1sc2nc(CCNCc3cc(CN4CCCC4)cs3)[nH]c(=O)c2c1C. The van der Waals surface area contributed by atoms with Gasteiger partial charge in [0.25, 0.3) is 5.56 Å². The minimum atomic E-state index is -0.0124. The van der Waals surface area contributed by atoms with Crippen LogP contribution in [0.1, 0.15) is 39.5 Å². The van der Waals surface area contributed by atoms with Crippen molar-refractivity contribution in [3.8, 4) is 0 Å². The lowest BCUT2D eigenvalue weighted by Crippen LogP contribution is -2.19. The van der Waals surface area contributed by atoms with Gasteiger partial charge < -0.3 is 10.3 Å². The van der Waals surface area contributed by atoms with Crippen LogP contribution in [0.2, 0.25) is 0 Å². The third-order valence-electron chi connectivity index (χ3n) is 5.24. The van der Waals surface area contributed by atoms with Crippen molar-refractivity contribution in [2.45, 2.75) is 46.2 Å². The van der Waals surface area contributed by atoms with Crippen LogP contribution in [0.4, 0.5) is 0 Å². The second-order valence-electron chi connectivity index (χ2n) is 7.31. The summed E-state index contributed by atoms with van der Waals surface area (Å²) in [6.45, 7) is 9.27. The number of thiophene rings is 2. The fourth-order valence-electron chi connectivity index (χ4n) is 3.64. The Balaban J connectivity index is 1.29. The van der Waals surface area contributed by atoms with Crippen LogP contribution in [-0.4, -0.2) is 34.5 Å². The number of H-pyrrole nitrogens is 1. The van der Waals surface area contributed by atoms with Gasteiger partial charge in [-0.1, -0.05) is 0 Å². The molecule has 1 fully saturated rings. The molecule has 2 N–H and O–H groups in total. The standard InChI is InChI=1S/C20H26N4OS2/c1-13-14(2)27-20-18(13)19(25)22-17(23-20)5-6-21-10-16-9-15(12-26-16)11-24-7-3-4-8-24/h9,12,21H,3-8,10-11H2,1-2H3,(H,22,23,25). The average molecular weight is 403 g/mol. The number of aromatic amines is 1. The summed E-state index contributed by atoms with van der Waals surface area (Å²) in [4.78, 5) is 25.8. The maximum Gasteiger partial charge on any atom is 0.259 e. The Labute approximate surface area is 167 Å². The molecule has 0 saturated carbocycles. The van der Waals surface area contributed by atoms with Crippen molar-refractivity contribution in [2.75, 3.05) is 19.6 Å². The fraction of sp³-hybridized carbons (Fsp3) is 0.500. The number of aromatic nitrogens is 2. The summed E-state index contributed by atoms with van der Waals surface area (Å²) in [5.41, 5.74) is 2.47. The molecule has 1 aliphatic heterocycles. The van der Waals surface area contributed by atoms with Gasteiger partial charge in [-0.2, -0.15) is 0 Å². The second-order valence-corrected chi connectivity index (χ2v) is 9.51. The molecule has 0 aliphatic carbocycles. The molecule has 1 saturated heterocycles. The van der Waals surface area contributed by atoms with Gasteiger partial charge in [0, 0.05) is 35.8 Å². The first-order chi connectivity index (χ1) is 13.1. The Morgan fingerprint density at radius 1 is 1.30 bits per heavy atom. The molecule has 4 rings (SSSR count). The predicted molar refractivity (Wildman–Crippen MR) is 114 cm³/mol. The summed E-state index contributed by atoms with van der Waals surface area (Å²) < 4.78 is 0. The van der Waals surface area contributed by atoms with E-state index in [4.69, 9.17) is 0 Å². The van der Waals surface area contributed by atoms with Gasteiger partial charge in [-0.15, -0.1) is 22.7 Å². The van der Waals surface area contributed by atoms with Crippen LogP contribution in [0.25, 0.3) is 10.2 Å². The van der Waals surface area contributed by atoms with Crippen LogP contribution in [-0.2, 0) is 19.5 Å². The van der Waals surface area contributed by atoms with Crippen molar-refractivity contribution >= 4 is 32.9 Å². The van der Waals surface area contributed by atoms with Crippen molar-refractivity contribution in [3.63, 3.8) is 0 Å². The molecule has 1 aliphatic rings. The first kappa shape index (κ1) is 18.8. The number of fused-ring (bicyclic) bond motifs is 1. The van der Waals surface area contributed by atoms with Gasteiger partial charge >= 0.3 is 0 Å². The van der Waals surface area contributed by atoms with Gasteiger partial charge in [-0.3, -0.25) is 9.69 Å². The molecule has 7 heteroatoms. The van der Waals surface area contributed by atoms with Gasteiger partial charge in [0.15, 0.2) is 0 Å². The van der Waals surface area contributed by atoms with E-state index >= 15 is 0 Å². The number of nitrogens with one attached hydrogen (secondary N) is 2. The molecule has 0 amide bonds. The van der Waals surface area contributed by atoms with Crippen LogP contribution >= 0.6 is 22.7 Å². The number of hydrogen-bond acceptors (Lipinski definition) is 6. The predicted octanol–water partition coefficient (Wildman–Crippen LogP) is 3.59. The highest BCUT2D eigenvalue weighted by molar-refractivity contribution is 7.18. The Morgan fingerprint density at radius 3 is 2.93 bits per heavy atom. The fourth-order valence-corrected chi connectivity index (χ4v) is 5.54. The summed E-state index contributed by atoms with van der Waals surface area (Å²) in [5.74, 6) is 0.766. The molecule has 5 nitrogen and oxygen atoms in total. The molecule has 3 aromatic rings. The molecular weight excluding hydrogens is 376 g/mol. The van der Waals surface area contributed by atoms with Crippen LogP contribution in [0.5, 0.6) is 0 Å². The first-order valence-corrected chi connectivity index (χ1v) is 11.3. The molecule has 4 heterocycles. The lowest BCUT2D eigenvalue weighted by molar-refractivity contribution is 0.332. The number of hydrogen-bond donors (Lipinski definition) is 2. The zero-order chi connectivity index (χ0) is 18.8. The van der Waals surface area contributed by atoms with E-state index in [2.05, 4.69) is 31.6 Å². The molecule has 0 radical (unpaired) electrons. The van der Waals surface area contributed by atoms with Crippen molar-refractivity contribution in [3.05, 3.63) is 48.5 Å². The topological polar surface area (TPSA) is 61.0 Å². The zero-order valence-corrected chi connectivity index (χ0v) is 17.6. The van der Waals surface area contributed by atoms with Crippen molar-refractivity contribution in [1.29, 1.82) is 0 Å². The van der Waals surface area contributed by atoms with Gasteiger partial charge in [-0.05, 0) is 62.4 Å². The molecule has 0 spiro atoms. The second kappa shape index (κ2) is 8.22. The highest BCUT2D eigenvalue weighted by atomic mass is 32.1. The number of nitrogens with zero attached hydrogens (tertiary/aromatic N) is 2. The molecule has 0 bridgehead atoms. The van der Waals surface area contributed by atoms with Crippen LogP contribution in [0.15, 0.2) is 16.2 Å². The van der Waals surface area contributed by atoms with E-state index in [1.165, 1.54) is 41.2 Å². The average Bonchev–Trinajstić information content (AvgIpc) is 3.35. The van der Waals surface area contributed by atoms with E-state index in [1.807, 2.05) is 25.2 Å². The normalized spacial score (nSPS) is 15.2. The Morgan fingerprint density at radius 2 is 2.11 bits per heavy atom. The lowest BCUT2D eigenvalue weighted by atomic mass is 10.2. The van der Waals surface area contributed by atoms with Crippen LogP contribution < -0.4 is 10.9 Å². The summed E-state index contributed by atoms with van der Waals surface area (Å²) >= 11 is 3.43. The largest absolute Gasteiger partial charge is 0.311 e. The third kappa shape index (κ3) is 4.32. The number of aryl methyl sites for hydroxylation is 2. The van der Waals surface area contributed by atoms with E-state index in [9.17, 15) is 4.79 Å². The van der Waals surface area contributed by atoms with Gasteiger partial charge in [0.05, 0.1) is 5.39 Å². The smallest absolute Gasteiger partial charge is 0.259 e. The molecule has 27 heavy (non-hydrogen) atoms. The van der Waals surface area contributed by atoms with E-state index < -0.39 is 0 Å². The lowest BCUT2D eigenvalue weighted by Gasteiger charge is -2.12. The maximum absolute atomic E-state index is 12.3. The number of likely N-dealkylation sites (tertiary alicyclic amines) is 1. The molecule has 0 unspecified atom stereocenters. The van der Waals surface area contributed by atoms with Gasteiger partial charge in [-0.25, -0.2) is 4.98 Å². The summed E-state index contributed by atoms with van der Waals surface area (Å²) in [6, 6.07) is 2.32. The monoisotopic (exact) mass is 402 g/mol. The minimum Gasteiger partial charge on any atom is -0.311 e. The molecule has 144 valence electrons. The van der Waals surface area contributed by atoms with Crippen molar-refractivity contribution in [2.24, 2.45) is 0 Å². The third-order valence-corrected chi connectivity index (χ3v) is 7.33. The summed E-state index contributed by atoms with van der Waals surface area (Å²) in [6.07, 6.45) is 3.41. The van der Waals surface area contributed by atoms with Gasteiger partial charge in [0.2, 0.25) is 0 Å². The number of rotatable bonds is 7.